The first-order valence-corrected chi connectivity index (χ1v) is 29.4. The van der Waals surface area contributed by atoms with Crippen LogP contribution in [0, 0.1) is 0 Å². The highest BCUT2D eigenvalue weighted by Gasteiger charge is 2.18. The molecule has 0 radical (unpaired) electrons. The van der Waals surface area contributed by atoms with E-state index in [1.165, 1.54) is 199 Å². The average molecular weight is 941 g/mol. The smallest absolute Gasteiger partial charge is 0.305 e. The Balaban J connectivity index is 3.51. The van der Waals surface area contributed by atoms with Crippen LogP contribution in [0.5, 0.6) is 0 Å². The van der Waals surface area contributed by atoms with Gasteiger partial charge in [-0.15, -0.1) is 0 Å². The molecule has 0 bridgehead atoms. The molecule has 0 heterocycles. The topological polar surface area (TPSA) is 95.9 Å². The van der Waals surface area contributed by atoms with Crippen molar-refractivity contribution < 1.29 is 24.5 Å². The molecule has 0 aromatic carbocycles. The van der Waals surface area contributed by atoms with Crippen LogP contribution in [0.1, 0.15) is 303 Å². The zero-order chi connectivity index (χ0) is 48.6. The minimum Gasteiger partial charge on any atom is -0.466 e. The minimum absolute atomic E-state index is 0.0188. The monoisotopic (exact) mass is 940 g/mol. The van der Waals surface area contributed by atoms with Crippen LogP contribution in [-0.4, -0.2) is 47.4 Å². The Hall–Kier alpha value is -2.18. The molecule has 67 heavy (non-hydrogen) atoms. The lowest BCUT2D eigenvalue weighted by Crippen LogP contribution is -2.45. The highest BCUT2D eigenvalue weighted by Crippen LogP contribution is 2.16. The van der Waals surface area contributed by atoms with Crippen LogP contribution in [0.25, 0.3) is 0 Å². The van der Waals surface area contributed by atoms with Crippen molar-refractivity contribution in [2.24, 2.45) is 0 Å². The molecule has 0 saturated carbocycles. The first kappa shape index (κ1) is 64.8. The molecule has 3 N–H and O–H groups in total. The lowest BCUT2D eigenvalue weighted by Gasteiger charge is -2.20. The van der Waals surface area contributed by atoms with Gasteiger partial charge in [0, 0.05) is 12.8 Å². The molecule has 0 saturated heterocycles. The van der Waals surface area contributed by atoms with Gasteiger partial charge in [0.25, 0.3) is 0 Å². The Kier molecular flexibility index (Phi) is 54.6. The first-order valence-electron chi connectivity index (χ1n) is 29.4. The van der Waals surface area contributed by atoms with Crippen molar-refractivity contribution in [1.29, 1.82) is 0 Å². The third kappa shape index (κ3) is 53.0. The van der Waals surface area contributed by atoms with Gasteiger partial charge in [0.15, 0.2) is 0 Å². The third-order valence-corrected chi connectivity index (χ3v) is 13.3. The molecule has 0 aliphatic heterocycles. The second kappa shape index (κ2) is 56.4. The molecule has 6 heteroatoms. The minimum atomic E-state index is -0.856. The summed E-state index contributed by atoms with van der Waals surface area (Å²) in [6.07, 6.45) is 71.3. The Morgan fingerprint density at radius 3 is 1.16 bits per heavy atom. The largest absolute Gasteiger partial charge is 0.466 e. The highest BCUT2D eigenvalue weighted by molar-refractivity contribution is 5.76. The summed E-state index contributed by atoms with van der Waals surface area (Å²) in [5.74, 6) is -0.102. The van der Waals surface area contributed by atoms with Crippen molar-refractivity contribution >= 4 is 11.9 Å². The maximum atomic E-state index is 12.5. The molecule has 0 spiro atoms. The number of nitrogens with one attached hydrogen (secondary N) is 1. The zero-order valence-corrected chi connectivity index (χ0v) is 44.6. The fourth-order valence-electron chi connectivity index (χ4n) is 8.78. The lowest BCUT2D eigenvalue weighted by molar-refractivity contribution is -0.143. The van der Waals surface area contributed by atoms with E-state index in [4.69, 9.17) is 4.74 Å². The number of unbranched alkanes of at least 4 members (excludes halogenated alkanes) is 37. The van der Waals surface area contributed by atoms with E-state index in [0.717, 1.165) is 77.0 Å². The molecule has 0 rings (SSSR count). The average Bonchev–Trinajstić information content (AvgIpc) is 3.33. The summed E-state index contributed by atoms with van der Waals surface area (Å²) in [4.78, 5) is 24.5. The summed E-state index contributed by atoms with van der Waals surface area (Å²) >= 11 is 0. The van der Waals surface area contributed by atoms with E-state index < -0.39 is 12.1 Å². The van der Waals surface area contributed by atoms with Crippen molar-refractivity contribution in [3.8, 4) is 0 Å². The molecule has 392 valence electrons. The van der Waals surface area contributed by atoms with Crippen molar-refractivity contribution in [3.63, 3.8) is 0 Å². The third-order valence-electron chi connectivity index (χ3n) is 13.3. The number of hydrogen-bond donors (Lipinski definition) is 3. The highest BCUT2D eigenvalue weighted by atomic mass is 16.5. The van der Waals surface area contributed by atoms with Gasteiger partial charge in [0.2, 0.25) is 5.91 Å². The molecule has 0 aliphatic carbocycles. The van der Waals surface area contributed by atoms with Crippen molar-refractivity contribution in [3.05, 3.63) is 48.6 Å². The van der Waals surface area contributed by atoms with Crippen LogP contribution in [0.3, 0.4) is 0 Å². The first-order chi connectivity index (χ1) is 33.0. The number of ether oxygens (including phenoxy) is 1. The molecule has 0 fully saturated rings. The number of carbonyl (C=O) groups is 2. The summed E-state index contributed by atoms with van der Waals surface area (Å²) in [6.45, 7) is 4.85. The zero-order valence-electron chi connectivity index (χ0n) is 44.6. The van der Waals surface area contributed by atoms with Crippen LogP contribution in [0.2, 0.25) is 0 Å². The Bertz CT molecular complexity index is 1130. The van der Waals surface area contributed by atoms with E-state index >= 15 is 0 Å². The van der Waals surface area contributed by atoms with E-state index in [1.54, 1.807) is 6.08 Å². The molecule has 0 aromatic rings. The molecular weight excluding hydrogens is 827 g/mol. The van der Waals surface area contributed by atoms with Crippen LogP contribution in [0.4, 0.5) is 0 Å². The number of aliphatic hydroxyl groups excluding tert-OH is 2. The summed E-state index contributed by atoms with van der Waals surface area (Å²) in [5.41, 5.74) is 0. The number of allylic oxidation sites excluding steroid dienone is 7. The number of hydrogen-bond acceptors (Lipinski definition) is 5. The van der Waals surface area contributed by atoms with Crippen molar-refractivity contribution in [2.75, 3.05) is 13.2 Å². The molecule has 2 atom stereocenters. The summed E-state index contributed by atoms with van der Waals surface area (Å²) in [6, 6.07) is -0.641. The molecule has 6 nitrogen and oxygen atoms in total. The number of esters is 1. The fraction of sp³-hybridized carbons (Fsp3) is 0.836. The van der Waals surface area contributed by atoms with Crippen molar-refractivity contribution in [1.82, 2.24) is 5.32 Å². The molecular formula is C61H113NO5. The quantitative estimate of drug-likeness (QED) is 0.0321. The molecule has 0 aromatic heterocycles. The summed E-state index contributed by atoms with van der Waals surface area (Å²) < 4.78 is 5.47. The molecule has 1 amide bonds. The van der Waals surface area contributed by atoms with E-state index in [9.17, 15) is 19.8 Å². The van der Waals surface area contributed by atoms with E-state index in [2.05, 4.69) is 55.6 Å². The fourth-order valence-corrected chi connectivity index (χ4v) is 8.78. The second-order valence-corrected chi connectivity index (χ2v) is 20.0. The molecule has 2 unspecified atom stereocenters. The number of carbonyl (C=O) groups excluding carboxylic acids is 2. The lowest BCUT2D eigenvalue weighted by atomic mass is 10.0. The van der Waals surface area contributed by atoms with Gasteiger partial charge in [-0.1, -0.05) is 249 Å². The van der Waals surface area contributed by atoms with Crippen LogP contribution in [-0.2, 0) is 14.3 Å². The van der Waals surface area contributed by atoms with Crippen LogP contribution < -0.4 is 5.32 Å². The van der Waals surface area contributed by atoms with Gasteiger partial charge in [-0.2, -0.15) is 0 Å². The molecule has 0 aliphatic rings. The van der Waals surface area contributed by atoms with E-state index in [1.807, 2.05) is 6.08 Å². The maximum Gasteiger partial charge on any atom is 0.305 e. The van der Waals surface area contributed by atoms with Crippen LogP contribution in [0.15, 0.2) is 48.6 Å². The standard InChI is InChI=1S/C61H113NO5/c1-3-5-7-9-11-13-15-17-19-21-23-27-31-35-39-43-47-51-55-61(66)67-56-52-48-44-40-36-32-28-24-26-30-34-38-42-46-50-54-60(65)62-58(57-63)59(64)53-49-45-41-37-33-29-25-22-20-18-16-14-12-10-8-6-4-2/h13,15,19,21,28,32,49,53,58-59,63-64H,3-12,14,16-18,20,22-27,29-31,33-48,50-52,54-57H2,1-2H3,(H,62,65)/b15-13-,21-19-,32-28-,53-49+. The number of rotatable bonds is 54. The summed E-state index contributed by atoms with van der Waals surface area (Å²) in [7, 11) is 0. The van der Waals surface area contributed by atoms with E-state index in [-0.39, 0.29) is 18.5 Å². The van der Waals surface area contributed by atoms with Gasteiger partial charge in [-0.25, -0.2) is 0 Å². The number of aliphatic hydroxyl groups is 2. The van der Waals surface area contributed by atoms with Gasteiger partial charge in [-0.3, -0.25) is 9.59 Å². The number of amides is 1. The van der Waals surface area contributed by atoms with Crippen LogP contribution >= 0.6 is 0 Å². The van der Waals surface area contributed by atoms with Gasteiger partial charge in [0.1, 0.15) is 0 Å². The van der Waals surface area contributed by atoms with E-state index in [0.29, 0.717) is 19.4 Å². The normalized spacial score (nSPS) is 13.0. The summed E-state index contributed by atoms with van der Waals surface area (Å²) in [5, 5.41) is 23.1. The van der Waals surface area contributed by atoms with Gasteiger partial charge >= 0.3 is 5.97 Å². The predicted molar refractivity (Wildman–Crippen MR) is 292 cm³/mol. The Morgan fingerprint density at radius 2 is 0.746 bits per heavy atom. The second-order valence-electron chi connectivity index (χ2n) is 20.0. The van der Waals surface area contributed by atoms with Crippen molar-refractivity contribution in [2.45, 2.75) is 315 Å². The van der Waals surface area contributed by atoms with Gasteiger partial charge < -0.3 is 20.3 Å². The Morgan fingerprint density at radius 1 is 0.418 bits per heavy atom. The van der Waals surface area contributed by atoms with Gasteiger partial charge in [-0.05, 0) is 89.9 Å². The van der Waals surface area contributed by atoms with Gasteiger partial charge in [0.05, 0.1) is 25.4 Å². The SMILES string of the molecule is CCCCCC/C=C\C/C=C\CCCCCCCCCC(=O)OCCCCCC/C=C\CCCCCCCCCC(=O)NC(CO)C(O)/C=C/CCCCCCCCCCCCCCCCC. The maximum absolute atomic E-state index is 12.5. The Labute approximate surface area is 416 Å². The predicted octanol–water partition coefficient (Wildman–Crippen LogP) is 18.2.